The van der Waals surface area contributed by atoms with Gasteiger partial charge in [-0.25, -0.2) is 9.59 Å². The second-order valence-corrected chi connectivity index (χ2v) is 10.6. The topological polar surface area (TPSA) is 144 Å². The highest BCUT2D eigenvalue weighted by Gasteiger charge is 2.19. The summed E-state index contributed by atoms with van der Waals surface area (Å²) in [4.78, 5) is 44.9. The zero-order valence-electron chi connectivity index (χ0n) is 24.8. The van der Waals surface area contributed by atoms with Gasteiger partial charge in [-0.05, 0) is 71.1 Å². The molecule has 0 aliphatic rings. The number of H-pyrrole nitrogens is 1. The molecule has 2 N–H and O–H groups in total. The number of ether oxygens (including phenoxy) is 1. The van der Waals surface area contributed by atoms with Crippen molar-refractivity contribution in [3.8, 4) is 39.7 Å². The second kappa shape index (κ2) is 12.0. The van der Waals surface area contributed by atoms with Crippen molar-refractivity contribution < 1.29 is 24.0 Å². The molecule has 2 heterocycles. The number of aromatic amines is 1. The molecule has 0 fully saturated rings. The number of rotatable bonds is 9. The molecule has 11 nitrogen and oxygen atoms in total. The molecule has 0 radical (unpaired) electrons. The van der Waals surface area contributed by atoms with Gasteiger partial charge in [-0.3, -0.25) is 18.9 Å². The number of imidazole rings is 1. The summed E-state index contributed by atoms with van der Waals surface area (Å²) in [5, 5.41) is 13.7. The van der Waals surface area contributed by atoms with Crippen molar-refractivity contribution in [1.82, 2.24) is 24.6 Å². The standard InChI is InChI=1S/C34H29N5O6/c1-4-44-33-35-28-7-5-6-26(32(41)42)29(28)39(33)19-20-8-10-22(11-9-20)27-18-24(16-17-25(27)30-36-34(43)45-37-30)21-12-14-23(15-13-21)31(40)38(2)3/h5-18H,4,19H2,1-3H3,(H,41,42)(H,36,37,43). The van der Waals surface area contributed by atoms with Crippen molar-refractivity contribution in [1.29, 1.82) is 0 Å². The summed E-state index contributed by atoms with van der Waals surface area (Å²) in [5.41, 5.74) is 6.79. The molecule has 45 heavy (non-hydrogen) atoms. The summed E-state index contributed by atoms with van der Waals surface area (Å²) in [6, 6.07) is 26.3. The van der Waals surface area contributed by atoms with E-state index >= 15 is 0 Å². The second-order valence-electron chi connectivity index (χ2n) is 10.6. The summed E-state index contributed by atoms with van der Waals surface area (Å²) in [6.45, 7) is 2.56. The molecule has 0 saturated heterocycles. The average Bonchev–Trinajstić information content (AvgIpc) is 3.64. The first-order valence-electron chi connectivity index (χ1n) is 14.2. The minimum Gasteiger partial charge on any atom is -0.478 e. The Bertz CT molecular complexity index is 2090. The number of nitrogens with one attached hydrogen (secondary N) is 1. The van der Waals surface area contributed by atoms with Gasteiger partial charge in [0, 0.05) is 25.2 Å². The van der Waals surface area contributed by atoms with Gasteiger partial charge in [0.25, 0.3) is 11.9 Å². The molecule has 0 aliphatic heterocycles. The van der Waals surface area contributed by atoms with Gasteiger partial charge in [0.2, 0.25) is 0 Å². The lowest BCUT2D eigenvalue weighted by atomic mass is 9.93. The number of benzene rings is 4. The lowest BCUT2D eigenvalue weighted by Crippen LogP contribution is -2.21. The van der Waals surface area contributed by atoms with E-state index in [4.69, 9.17) is 9.26 Å². The van der Waals surface area contributed by atoms with E-state index in [2.05, 4.69) is 15.1 Å². The maximum Gasteiger partial charge on any atom is 0.439 e. The Morgan fingerprint density at radius 2 is 1.64 bits per heavy atom. The first kappa shape index (κ1) is 29.1. The lowest BCUT2D eigenvalue weighted by Gasteiger charge is -2.14. The third kappa shape index (κ3) is 5.70. The van der Waals surface area contributed by atoms with Crippen LogP contribution < -0.4 is 10.5 Å². The number of hydrogen-bond acceptors (Lipinski definition) is 7. The normalized spacial score (nSPS) is 11.1. The minimum atomic E-state index is -1.04. The molecule has 0 unspecified atom stereocenters. The highest BCUT2D eigenvalue weighted by molar-refractivity contribution is 6.01. The van der Waals surface area contributed by atoms with Crippen LogP contribution in [-0.2, 0) is 6.54 Å². The largest absolute Gasteiger partial charge is 0.478 e. The monoisotopic (exact) mass is 603 g/mol. The predicted octanol–water partition coefficient (Wildman–Crippen LogP) is 5.56. The maximum absolute atomic E-state index is 12.4. The number of nitrogens with zero attached hydrogens (tertiary/aromatic N) is 4. The molecule has 0 saturated carbocycles. The Balaban J connectivity index is 1.39. The number of carboxylic acids is 1. The summed E-state index contributed by atoms with van der Waals surface area (Å²) in [5.74, 6) is -1.48. The van der Waals surface area contributed by atoms with E-state index in [1.807, 2.05) is 61.5 Å². The van der Waals surface area contributed by atoms with Crippen LogP contribution in [0.1, 0.15) is 33.2 Å². The van der Waals surface area contributed by atoms with E-state index in [1.54, 1.807) is 49.0 Å². The first-order chi connectivity index (χ1) is 21.7. The van der Waals surface area contributed by atoms with Crippen LogP contribution >= 0.6 is 0 Å². The number of aromatic nitrogens is 4. The van der Waals surface area contributed by atoms with Crippen LogP contribution in [-0.4, -0.2) is 62.3 Å². The van der Waals surface area contributed by atoms with Crippen molar-refractivity contribution in [2.75, 3.05) is 20.7 Å². The fraction of sp³-hybridized carbons (Fsp3) is 0.147. The maximum atomic E-state index is 12.4. The van der Waals surface area contributed by atoms with E-state index in [0.717, 1.165) is 27.8 Å². The lowest BCUT2D eigenvalue weighted by molar-refractivity contribution is 0.0698. The first-order valence-corrected chi connectivity index (χ1v) is 14.2. The zero-order valence-corrected chi connectivity index (χ0v) is 24.8. The van der Waals surface area contributed by atoms with Crippen LogP contribution in [0.2, 0.25) is 0 Å². The molecule has 2 aromatic heterocycles. The van der Waals surface area contributed by atoms with Crippen molar-refractivity contribution >= 4 is 22.9 Å². The number of carbonyl (C=O) groups is 2. The Hall–Kier alpha value is -5.97. The van der Waals surface area contributed by atoms with E-state index < -0.39 is 11.7 Å². The fourth-order valence-electron chi connectivity index (χ4n) is 5.27. The van der Waals surface area contributed by atoms with Gasteiger partial charge in [0.05, 0.1) is 29.7 Å². The summed E-state index contributed by atoms with van der Waals surface area (Å²) < 4.78 is 12.3. The number of carbonyl (C=O) groups excluding carboxylic acids is 1. The molecule has 1 amide bonds. The molecule has 0 aliphatic carbocycles. The molecule has 11 heteroatoms. The molecule has 6 rings (SSSR count). The summed E-state index contributed by atoms with van der Waals surface area (Å²) in [7, 11) is 3.42. The predicted molar refractivity (Wildman–Crippen MR) is 168 cm³/mol. The van der Waals surface area contributed by atoms with Gasteiger partial charge in [-0.2, -0.15) is 4.98 Å². The Morgan fingerprint density at radius 3 is 2.29 bits per heavy atom. The van der Waals surface area contributed by atoms with Crippen LogP contribution in [0.3, 0.4) is 0 Å². The zero-order chi connectivity index (χ0) is 31.7. The van der Waals surface area contributed by atoms with Gasteiger partial charge < -0.3 is 14.7 Å². The van der Waals surface area contributed by atoms with Crippen molar-refractivity contribution in [3.05, 3.63) is 112 Å². The SMILES string of the molecule is CCOc1nc2cccc(C(=O)O)c2n1Cc1ccc(-c2cc(-c3ccc(C(=O)N(C)C)cc3)ccc2-c2noc(=O)[nH]2)cc1. The molecular formula is C34H29N5O6. The minimum absolute atomic E-state index is 0.0797. The van der Waals surface area contributed by atoms with Crippen molar-refractivity contribution in [3.63, 3.8) is 0 Å². The Kier molecular flexibility index (Phi) is 7.74. The van der Waals surface area contributed by atoms with Crippen molar-refractivity contribution in [2.24, 2.45) is 0 Å². The van der Waals surface area contributed by atoms with E-state index in [0.29, 0.717) is 47.1 Å². The van der Waals surface area contributed by atoms with Crippen LogP contribution in [0.15, 0.2) is 94.2 Å². The highest BCUT2D eigenvalue weighted by Crippen LogP contribution is 2.35. The summed E-state index contributed by atoms with van der Waals surface area (Å²) in [6.07, 6.45) is 0. The van der Waals surface area contributed by atoms with Crippen molar-refractivity contribution in [2.45, 2.75) is 13.5 Å². The van der Waals surface area contributed by atoms with Crippen LogP contribution in [0, 0.1) is 0 Å². The number of fused-ring (bicyclic) bond motifs is 1. The molecule has 226 valence electrons. The fourth-order valence-corrected chi connectivity index (χ4v) is 5.27. The molecule has 0 spiro atoms. The number of para-hydroxylation sites is 1. The number of carboxylic acid groups (broad SMARTS) is 1. The molecule has 4 aromatic carbocycles. The van der Waals surface area contributed by atoms with Gasteiger partial charge >= 0.3 is 11.7 Å². The third-order valence-corrected chi connectivity index (χ3v) is 7.43. The van der Waals surface area contributed by atoms with Crippen LogP contribution in [0.5, 0.6) is 6.01 Å². The smallest absolute Gasteiger partial charge is 0.439 e. The van der Waals surface area contributed by atoms with Crippen LogP contribution in [0.4, 0.5) is 0 Å². The molecule has 0 bridgehead atoms. The van der Waals surface area contributed by atoms with Crippen LogP contribution in [0.25, 0.3) is 44.7 Å². The van der Waals surface area contributed by atoms with Gasteiger partial charge in [0.1, 0.15) is 0 Å². The highest BCUT2D eigenvalue weighted by atomic mass is 16.5. The number of hydrogen-bond donors (Lipinski definition) is 2. The van der Waals surface area contributed by atoms with E-state index in [9.17, 15) is 19.5 Å². The number of aromatic carboxylic acids is 1. The van der Waals surface area contributed by atoms with Gasteiger partial charge in [0.15, 0.2) is 5.82 Å². The average molecular weight is 604 g/mol. The number of amides is 1. The molecule has 6 aromatic rings. The van der Waals surface area contributed by atoms with Gasteiger partial charge in [-0.15, -0.1) is 0 Å². The van der Waals surface area contributed by atoms with Gasteiger partial charge in [-0.1, -0.05) is 53.7 Å². The molecular weight excluding hydrogens is 574 g/mol. The Morgan fingerprint density at radius 1 is 0.933 bits per heavy atom. The third-order valence-electron chi connectivity index (χ3n) is 7.43. The molecule has 0 atom stereocenters. The van der Waals surface area contributed by atoms with E-state index in [1.165, 1.54) is 4.90 Å². The quantitative estimate of drug-likeness (QED) is 0.219. The van der Waals surface area contributed by atoms with E-state index in [-0.39, 0.29) is 11.5 Å². The Labute approximate surface area is 257 Å². The summed E-state index contributed by atoms with van der Waals surface area (Å²) >= 11 is 0.